The van der Waals surface area contributed by atoms with Gasteiger partial charge in [0.05, 0.1) is 6.61 Å². The molecule has 0 fully saturated rings. The number of hydrogen-bond acceptors (Lipinski definition) is 5. The average molecular weight is 360 g/mol. The molecular formula is C18H14ClNO3S. The summed E-state index contributed by atoms with van der Waals surface area (Å²) in [4.78, 5) is 17.4. The van der Waals surface area contributed by atoms with E-state index >= 15 is 0 Å². The normalized spacial score (nSPS) is 10.6. The predicted molar refractivity (Wildman–Crippen MR) is 93.5 cm³/mol. The molecule has 4 nitrogen and oxygen atoms in total. The minimum Gasteiger partial charge on any atom is -0.461 e. The smallest absolute Gasteiger partial charge is 0.361 e. The third-order valence-corrected chi connectivity index (χ3v) is 4.33. The van der Waals surface area contributed by atoms with Crippen LogP contribution in [0.3, 0.4) is 0 Å². The van der Waals surface area contributed by atoms with Crippen LogP contribution in [0.1, 0.15) is 17.4 Å². The van der Waals surface area contributed by atoms with Gasteiger partial charge in [0, 0.05) is 15.5 Å². The van der Waals surface area contributed by atoms with E-state index in [2.05, 4.69) is 4.98 Å². The molecule has 0 radical (unpaired) electrons. The van der Waals surface area contributed by atoms with Gasteiger partial charge in [-0.25, -0.2) is 9.78 Å². The van der Waals surface area contributed by atoms with Crippen LogP contribution >= 0.6 is 23.4 Å². The van der Waals surface area contributed by atoms with E-state index in [-0.39, 0.29) is 12.3 Å². The average Bonchev–Trinajstić information content (AvgIpc) is 3.02. The van der Waals surface area contributed by atoms with Crippen molar-refractivity contribution < 1.29 is 13.9 Å². The predicted octanol–water partition coefficient (Wildman–Crippen LogP) is 5.32. The Balaban J connectivity index is 1.97. The molecule has 24 heavy (non-hydrogen) atoms. The molecule has 1 aromatic heterocycles. The summed E-state index contributed by atoms with van der Waals surface area (Å²) in [5.74, 6) is -0.116. The van der Waals surface area contributed by atoms with Gasteiger partial charge in [0.2, 0.25) is 16.7 Å². The van der Waals surface area contributed by atoms with Crippen LogP contribution in [-0.4, -0.2) is 17.6 Å². The monoisotopic (exact) mass is 359 g/mol. The van der Waals surface area contributed by atoms with Gasteiger partial charge in [0.25, 0.3) is 0 Å². The maximum atomic E-state index is 12.2. The first-order valence-corrected chi connectivity index (χ1v) is 8.53. The Kier molecular flexibility index (Phi) is 5.23. The summed E-state index contributed by atoms with van der Waals surface area (Å²) in [7, 11) is 0. The molecule has 0 aliphatic carbocycles. The maximum absolute atomic E-state index is 12.2. The number of halogens is 1. The Morgan fingerprint density at radius 1 is 1.17 bits per heavy atom. The zero-order valence-corrected chi connectivity index (χ0v) is 14.4. The van der Waals surface area contributed by atoms with Crippen molar-refractivity contribution >= 4 is 29.3 Å². The van der Waals surface area contributed by atoms with E-state index in [0.29, 0.717) is 16.0 Å². The number of aromatic nitrogens is 1. The first-order valence-electron chi connectivity index (χ1n) is 7.34. The lowest BCUT2D eigenvalue weighted by Gasteiger charge is -2.01. The van der Waals surface area contributed by atoms with Gasteiger partial charge >= 0.3 is 5.97 Å². The van der Waals surface area contributed by atoms with Gasteiger partial charge in [-0.15, -0.1) is 0 Å². The third-order valence-electron chi connectivity index (χ3n) is 3.11. The van der Waals surface area contributed by atoms with Crippen molar-refractivity contribution in [2.75, 3.05) is 6.61 Å². The van der Waals surface area contributed by atoms with Crippen molar-refractivity contribution in [3.05, 3.63) is 65.3 Å². The lowest BCUT2D eigenvalue weighted by Crippen LogP contribution is -2.06. The fourth-order valence-electron chi connectivity index (χ4n) is 2.02. The van der Waals surface area contributed by atoms with E-state index in [0.717, 1.165) is 10.5 Å². The highest BCUT2D eigenvalue weighted by molar-refractivity contribution is 7.99. The Morgan fingerprint density at radius 3 is 2.54 bits per heavy atom. The van der Waals surface area contributed by atoms with E-state index in [1.54, 1.807) is 19.1 Å². The molecule has 0 N–H and O–H groups in total. The molecule has 122 valence electrons. The summed E-state index contributed by atoms with van der Waals surface area (Å²) in [5.41, 5.74) is 0.974. The summed E-state index contributed by atoms with van der Waals surface area (Å²) < 4.78 is 10.9. The highest BCUT2D eigenvalue weighted by Crippen LogP contribution is 2.35. The number of esters is 1. The molecule has 0 amide bonds. The molecule has 0 aliphatic heterocycles. The second-order valence-electron chi connectivity index (χ2n) is 4.80. The van der Waals surface area contributed by atoms with Crippen molar-refractivity contribution in [2.24, 2.45) is 0 Å². The molecule has 0 saturated heterocycles. The van der Waals surface area contributed by atoms with Gasteiger partial charge in [0.1, 0.15) is 0 Å². The van der Waals surface area contributed by atoms with Gasteiger partial charge in [-0.05, 0) is 55.1 Å². The molecule has 1 heterocycles. The van der Waals surface area contributed by atoms with Gasteiger partial charge < -0.3 is 9.15 Å². The minimum atomic E-state index is -0.500. The zero-order valence-electron chi connectivity index (χ0n) is 12.9. The topological polar surface area (TPSA) is 52.3 Å². The highest BCUT2D eigenvalue weighted by atomic mass is 35.5. The summed E-state index contributed by atoms with van der Waals surface area (Å²) in [6.07, 6.45) is 0. The van der Waals surface area contributed by atoms with E-state index in [1.165, 1.54) is 11.8 Å². The molecule has 0 bridgehead atoms. The van der Waals surface area contributed by atoms with E-state index < -0.39 is 5.97 Å². The molecule has 0 atom stereocenters. The van der Waals surface area contributed by atoms with Gasteiger partial charge in [-0.2, -0.15) is 0 Å². The van der Waals surface area contributed by atoms with Crippen molar-refractivity contribution in [1.82, 2.24) is 4.98 Å². The number of rotatable bonds is 5. The van der Waals surface area contributed by atoms with Crippen LogP contribution < -0.4 is 0 Å². The summed E-state index contributed by atoms with van der Waals surface area (Å²) >= 11 is 7.21. The first kappa shape index (κ1) is 16.6. The van der Waals surface area contributed by atoms with Crippen molar-refractivity contribution in [3.63, 3.8) is 0 Å². The Bertz CT molecular complexity index is 831. The SMILES string of the molecule is CCOC(=O)c1nc(-c2ccccc2)oc1Sc1ccc(Cl)cc1. The van der Waals surface area contributed by atoms with Gasteiger partial charge in [0.15, 0.2) is 0 Å². The molecule has 0 unspecified atom stereocenters. The molecular weight excluding hydrogens is 346 g/mol. The first-order chi connectivity index (χ1) is 11.7. The lowest BCUT2D eigenvalue weighted by atomic mass is 10.2. The minimum absolute atomic E-state index is 0.177. The number of oxazole rings is 1. The van der Waals surface area contributed by atoms with Crippen LogP contribution in [0.4, 0.5) is 0 Å². The fraction of sp³-hybridized carbons (Fsp3) is 0.111. The van der Waals surface area contributed by atoms with E-state index in [9.17, 15) is 4.79 Å². The van der Waals surface area contributed by atoms with Crippen molar-refractivity contribution in [3.8, 4) is 11.5 Å². The number of benzene rings is 2. The molecule has 2 aromatic carbocycles. The second-order valence-corrected chi connectivity index (χ2v) is 6.28. The Hall–Kier alpha value is -2.24. The van der Waals surface area contributed by atoms with Crippen LogP contribution in [0.25, 0.3) is 11.5 Å². The van der Waals surface area contributed by atoms with Crippen LogP contribution in [0, 0.1) is 0 Å². The highest BCUT2D eigenvalue weighted by Gasteiger charge is 2.23. The third kappa shape index (κ3) is 3.80. The van der Waals surface area contributed by atoms with Crippen LogP contribution in [0.2, 0.25) is 5.02 Å². The van der Waals surface area contributed by atoms with E-state index in [1.807, 2.05) is 42.5 Å². The quantitative estimate of drug-likeness (QED) is 0.577. The van der Waals surface area contributed by atoms with Crippen molar-refractivity contribution in [1.29, 1.82) is 0 Å². The van der Waals surface area contributed by atoms with Crippen LogP contribution in [0.5, 0.6) is 0 Å². The van der Waals surface area contributed by atoms with Gasteiger partial charge in [-0.3, -0.25) is 0 Å². The van der Waals surface area contributed by atoms with Crippen LogP contribution in [-0.2, 0) is 4.74 Å². The molecule has 0 spiro atoms. The number of nitrogens with zero attached hydrogens (tertiary/aromatic N) is 1. The summed E-state index contributed by atoms with van der Waals surface area (Å²) in [5, 5.41) is 1.04. The van der Waals surface area contributed by atoms with E-state index in [4.69, 9.17) is 20.8 Å². The number of ether oxygens (including phenoxy) is 1. The summed E-state index contributed by atoms with van der Waals surface area (Å²) in [6, 6.07) is 16.7. The Labute approximate surface area is 148 Å². The molecule has 0 saturated carbocycles. The number of carbonyl (C=O) groups excluding carboxylic acids is 1. The largest absolute Gasteiger partial charge is 0.461 e. The molecule has 0 aliphatic rings. The number of carbonyl (C=O) groups is 1. The number of hydrogen-bond donors (Lipinski definition) is 0. The fourth-order valence-corrected chi connectivity index (χ4v) is 2.98. The molecule has 3 rings (SSSR count). The van der Waals surface area contributed by atoms with Gasteiger partial charge in [-0.1, -0.05) is 29.8 Å². The summed E-state index contributed by atoms with van der Waals surface area (Å²) in [6.45, 7) is 2.03. The maximum Gasteiger partial charge on any atom is 0.361 e. The Morgan fingerprint density at radius 2 is 1.88 bits per heavy atom. The van der Waals surface area contributed by atoms with Crippen LogP contribution in [0.15, 0.2) is 69.0 Å². The molecule has 6 heteroatoms. The standard InChI is InChI=1S/C18H14ClNO3S/c1-2-22-17(21)15-18(24-14-10-8-13(19)9-11-14)23-16(20-15)12-6-4-3-5-7-12/h3-11H,2H2,1H3. The molecule has 3 aromatic rings. The van der Waals surface area contributed by atoms with Crippen molar-refractivity contribution in [2.45, 2.75) is 16.9 Å². The second kappa shape index (κ2) is 7.55. The zero-order chi connectivity index (χ0) is 16.9. The lowest BCUT2D eigenvalue weighted by molar-refractivity contribution is 0.0513.